The van der Waals surface area contributed by atoms with E-state index in [4.69, 9.17) is 4.74 Å². The number of ether oxygens (including phenoxy) is 1. The summed E-state index contributed by atoms with van der Waals surface area (Å²) in [6.45, 7) is 5.83. The molecule has 0 radical (unpaired) electrons. The average Bonchev–Trinajstić information content (AvgIpc) is 2.61. The van der Waals surface area contributed by atoms with Crippen LogP contribution in [0.15, 0.2) is 48.5 Å². The van der Waals surface area contributed by atoms with Gasteiger partial charge in [-0.25, -0.2) is 4.39 Å². The van der Waals surface area contributed by atoms with E-state index in [9.17, 15) is 4.39 Å². The fourth-order valence-electron chi connectivity index (χ4n) is 3.13. The van der Waals surface area contributed by atoms with Crippen molar-refractivity contribution >= 4 is 5.69 Å². The number of halogens is 1. The Balaban J connectivity index is 1.45. The largest absolute Gasteiger partial charge is 0.494 e. The quantitative estimate of drug-likeness (QED) is 0.855. The van der Waals surface area contributed by atoms with E-state index in [0.717, 1.165) is 43.9 Å². The molecule has 1 saturated heterocycles. The lowest BCUT2D eigenvalue weighted by molar-refractivity contribution is 0.211. The Morgan fingerprint density at radius 3 is 2.33 bits per heavy atom. The molecule has 0 aromatic heterocycles. The SMILES string of the molecule is CCOc1ccc(CN2CCC(Nc3ccc(F)cc3)CC2)cc1. The third-order valence-corrected chi connectivity index (χ3v) is 4.44. The summed E-state index contributed by atoms with van der Waals surface area (Å²) in [6, 6.07) is 15.5. The first-order valence-corrected chi connectivity index (χ1v) is 8.69. The number of likely N-dealkylation sites (tertiary alicyclic amines) is 1. The molecule has 2 aromatic rings. The zero-order valence-electron chi connectivity index (χ0n) is 14.2. The van der Waals surface area contributed by atoms with Crippen molar-refractivity contribution in [3.63, 3.8) is 0 Å². The van der Waals surface area contributed by atoms with Gasteiger partial charge in [-0.15, -0.1) is 0 Å². The topological polar surface area (TPSA) is 24.5 Å². The fourth-order valence-corrected chi connectivity index (χ4v) is 3.13. The van der Waals surface area contributed by atoms with Crippen molar-refractivity contribution in [3.05, 3.63) is 59.9 Å². The Hall–Kier alpha value is -2.07. The van der Waals surface area contributed by atoms with Crippen LogP contribution in [0.4, 0.5) is 10.1 Å². The van der Waals surface area contributed by atoms with Crippen LogP contribution >= 0.6 is 0 Å². The second-order valence-electron chi connectivity index (χ2n) is 6.28. The summed E-state index contributed by atoms with van der Waals surface area (Å²) in [7, 11) is 0. The third-order valence-electron chi connectivity index (χ3n) is 4.44. The molecule has 128 valence electrons. The van der Waals surface area contributed by atoms with Crippen LogP contribution in [-0.2, 0) is 6.54 Å². The van der Waals surface area contributed by atoms with Crippen LogP contribution in [0, 0.1) is 5.82 Å². The monoisotopic (exact) mass is 328 g/mol. The first-order valence-electron chi connectivity index (χ1n) is 8.69. The maximum absolute atomic E-state index is 12.9. The summed E-state index contributed by atoms with van der Waals surface area (Å²) in [4.78, 5) is 2.48. The van der Waals surface area contributed by atoms with Gasteiger partial charge >= 0.3 is 0 Å². The van der Waals surface area contributed by atoms with E-state index in [2.05, 4.69) is 22.3 Å². The van der Waals surface area contributed by atoms with Crippen LogP contribution in [0.3, 0.4) is 0 Å². The molecule has 2 aromatic carbocycles. The zero-order chi connectivity index (χ0) is 16.8. The minimum absolute atomic E-state index is 0.189. The molecule has 1 N–H and O–H groups in total. The van der Waals surface area contributed by atoms with Gasteiger partial charge < -0.3 is 10.1 Å². The molecule has 0 unspecified atom stereocenters. The Morgan fingerprint density at radius 2 is 1.71 bits per heavy atom. The number of rotatable bonds is 6. The van der Waals surface area contributed by atoms with E-state index in [1.807, 2.05) is 31.2 Å². The molecule has 0 amide bonds. The minimum Gasteiger partial charge on any atom is -0.494 e. The van der Waals surface area contributed by atoms with Gasteiger partial charge in [0.25, 0.3) is 0 Å². The third kappa shape index (κ3) is 4.71. The highest BCUT2D eigenvalue weighted by Gasteiger charge is 2.19. The molecule has 1 aliphatic rings. The van der Waals surface area contributed by atoms with Crippen LogP contribution in [0.5, 0.6) is 5.75 Å². The Kier molecular flexibility index (Phi) is 5.70. The second kappa shape index (κ2) is 8.15. The summed E-state index contributed by atoms with van der Waals surface area (Å²) in [5, 5.41) is 3.50. The number of piperidine rings is 1. The van der Waals surface area contributed by atoms with Gasteiger partial charge in [-0.3, -0.25) is 4.90 Å². The highest BCUT2D eigenvalue weighted by molar-refractivity contribution is 5.43. The molecule has 3 rings (SSSR count). The molecule has 24 heavy (non-hydrogen) atoms. The van der Waals surface area contributed by atoms with Crippen molar-refractivity contribution in [2.24, 2.45) is 0 Å². The first kappa shape index (κ1) is 16.8. The number of benzene rings is 2. The van der Waals surface area contributed by atoms with Gasteiger partial charge in [0.1, 0.15) is 11.6 Å². The van der Waals surface area contributed by atoms with E-state index in [1.165, 1.54) is 17.7 Å². The normalized spacial score (nSPS) is 16.1. The Bertz CT molecular complexity index is 619. The highest BCUT2D eigenvalue weighted by Crippen LogP contribution is 2.19. The molecule has 0 bridgehead atoms. The summed E-state index contributed by atoms with van der Waals surface area (Å²) < 4.78 is 18.4. The molecule has 4 heteroatoms. The second-order valence-corrected chi connectivity index (χ2v) is 6.28. The lowest BCUT2D eigenvalue weighted by atomic mass is 10.0. The maximum atomic E-state index is 12.9. The van der Waals surface area contributed by atoms with Gasteiger partial charge in [0.2, 0.25) is 0 Å². The predicted octanol–water partition coefficient (Wildman–Crippen LogP) is 4.30. The molecule has 3 nitrogen and oxygen atoms in total. The summed E-state index contributed by atoms with van der Waals surface area (Å²) >= 11 is 0. The smallest absolute Gasteiger partial charge is 0.123 e. The summed E-state index contributed by atoms with van der Waals surface area (Å²) in [5.41, 5.74) is 2.32. The van der Waals surface area contributed by atoms with Crippen LogP contribution in [0.25, 0.3) is 0 Å². The molecule has 1 fully saturated rings. The molecule has 1 aliphatic heterocycles. The predicted molar refractivity (Wildman–Crippen MR) is 95.9 cm³/mol. The molecule has 0 aliphatic carbocycles. The van der Waals surface area contributed by atoms with E-state index < -0.39 is 0 Å². The van der Waals surface area contributed by atoms with Gasteiger partial charge in [0.05, 0.1) is 6.61 Å². The summed E-state index contributed by atoms with van der Waals surface area (Å²) in [6.07, 6.45) is 2.21. The lowest BCUT2D eigenvalue weighted by Crippen LogP contribution is -2.38. The van der Waals surface area contributed by atoms with Gasteiger partial charge in [-0.1, -0.05) is 12.1 Å². The fraction of sp³-hybridized carbons (Fsp3) is 0.400. The van der Waals surface area contributed by atoms with Crippen LogP contribution < -0.4 is 10.1 Å². The van der Waals surface area contributed by atoms with Crippen molar-refractivity contribution in [3.8, 4) is 5.75 Å². The van der Waals surface area contributed by atoms with E-state index in [-0.39, 0.29) is 5.82 Å². The summed E-state index contributed by atoms with van der Waals surface area (Å²) in [5.74, 6) is 0.745. The number of nitrogens with one attached hydrogen (secondary N) is 1. The lowest BCUT2D eigenvalue weighted by Gasteiger charge is -2.33. The van der Waals surface area contributed by atoms with Crippen LogP contribution in [0.2, 0.25) is 0 Å². The molecule has 0 saturated carbocycles. The van der Waals surface area contributed by atoms with Crippen molar-refractivity contribution < 1.29 is 9.13 Å². The zero-order valence-corrected chi connectivity index (χ0v) is 14.2. The van der Waals surface area contributed by atoms with Crippen molar-refractivity contribution in [1.29, 1.82) is 0 Å². The van der Waals surface area contributed by atoms with Gasteiger partial charge in [-0.05, 0) is 61.7 Å². The molecule has 1 heterocycles. The molecule has 0 atom stereocenters. The molecular formula is C20H25FN2O. The van der Waals surface area contributed by atoms with E-state index in [0.29, 0.717) is 12.6 Å². The van der Waals surface area contributed by atoms with Crippen LogP contribution in [-0.4, -0.2) is 30.6 Å². The molecule has 0 spiro atoms. The van der Waals surface area contributed by atoms with Crippen molar-refractivity contribution in [2.75, 3.05) is 25.0 Å². The number of hydrogen-bond acceptors (Lipinski definition) is 3. The van der Waals surface area contributed by atoms with E-state index >= 15 is 0 Å². The molecular weight excluding hydrogens is 303 g/mol. The van der Waals surface area contributed by atoms with Crippen molar-refractivity contribution in [1.82, 2.24) is 4.90 Å². The minimum atomic E-state index is -0.189. The average molecular weight is 328 g/mol. The number of hydrogen-bond donors (Lipinski definition) is 1. The van der Waals surface area contributed by atoms with E-state index in [1.54, 1.807) is 0 Å². The Morgan fingerprint density at radius 1 is 1.04 bits per heavy atom. The maximum Gasteiger partial charge on any atom is 0.123 e. The number of anilines is 1. The van der Waals surface area contributed by atoms with Gasteiger partial charge in [0, 0.05) is 31.4 Å². The first-order chi connectivity index (χ1) is 11.7. The van der Waals surface area contributed by atoms with Gasteiger partial charge in [-0.2, -0.15) is 0 Å². The number of nitrogens with zero attached hydrogens (tertiary/aromatic N) is 1. The van der Waals surface area contributed by atoms with Crippen LogP contribution in [0.1, 0.15) is 25.3 Å². The standard InChI is InChI=1S/C20H25FN2O/c1-2-24-20-9-3-16(4-10-20)15-23-13-11-19(12-14-23)22-18-7-5-17(21)6-8-18/h3-10,19,22H,2,11-15H2,1H3. The highest BCUT2D eigenvalue weighted by atomic mass is 19.1. The van der Waals surface area contributed by atoms with Crippen molar-refractivity contribution in [2.45, 2.75) is 32.4 Å². The Labute approximate surface area is 143 Å². The van der Waals surface area contributed by atoms with Gasteiger partial charge in [0.15, 0.2) is 0 Å².